The van der Waals surface area contributed by atoms with E-state index in [1.807, 2.05) is 12.1 Å². The number of nitrogens with one attached hydrogen (secondary N) is 4. The average Bonchev–Trinajstić information content (AvgIpc) is 3.75. The summed E-state index contributed by atoms with van der Waals surface area (Å²) >= 11 is 0. The van der Waals surface area contributed by atoms with E-state index in [2.05, 4.69) is 30.9 Å². The highest BCUT2D eigenvalue weighted by atomic mass is 16.6. The summed E-state index contributed by atoms with van der Waals surface area (Å²) in [5.74, 6) is -2.29. The van der Waals surface area contributed by atoms with Crippen molar-refractivity contribution in [3.8, 4) is 0 Å². The number of aromatic amines is 1. The van der Waals surface area contributed by atoms with Crippen molar-refractivity contribution in [1.29, 1.82) is 0 Å². The molecule has 18 nitrogen and oxygen atoms in total. The Morgan fingerprint density at radius 3 is 2.08 bits per heavy atom. The number of fused-ring (bicyclic) bond motifs is 1. The Balaban J connectivity index is 1.21. The summed E-state index contributed by atoms with van der Waals surface area (Å²) in [6, 6.07) is 18.0. The van der Waals surface area contributed by atoms with Crippen molar-refractivity contribution in [2.45, 2.75) is 51.9 Å². The third-order valence-electron chi connectivity index (χ3n) is 7.57. The zero-order valence-electron chi connectivity index (χ0n) is 28.2. The number of anilines is 1. The standard InChI is InChI=1S/C34H37N7O11/c1-20(2)30(44)39-32-38-29-28(31(45)40-32)37-19-41(29)25-13-23(52-34(47)36-15-27(43)49-17-22-11-7-4-8-12-22)24(51-25)18-50-33(46)35-14-26(42)48-16-21-9-5-3-6-10-21/h3-12,19-20,23-25H,13-18H2,1-2H3,(H,35,46)(H,36,47)(H2,38,39,40,44,45)/t23-,24-,25-/m1/s1. The molecule has 0 radical (unpaired) electrons. The molecule has 52 heavy (non-hydrogen) atoms. The van der Waals surface area contributed by atoms with Crippen molar-refractivity contribution in [2.75, 3.05) is 25.0 Å². The van der Waals surface area contributed by atoms with Gasteiger partial charge in [-0.15, -0.1) is 0 Å². The van der Waals surface area contributed by atoms with Gasteiger partial charge in [-0.2, -0.15) is 4.98 Å². The maximum absolute atomic E-state index is 12.8. The molecule has 0 saturated carbocycles. The van der Waals surface area contributed by atoms with Crippen molar-refractivity contribution in [3.05, 3.63) is 88.5 Å². The van der Waals surface area contributed by atoms with Gasteiger partial charge in [-0.3, -0.25) is 34.0 Å². The lowest BCUT2D eigenvalue weighted by Crippen LogP contribution is -2.39. The highest BCUT2D eigenvalue weighted by Crippen LogP contribution is 2.33. The molecule has 2 aromatic carbocycles. The molecule has 3 atom stereocenters. The lowest BCUT2D eigenvalue weighted by atomic mass is 10.2. The van der Waals surface area contributed by atoms with Gasteiger partial charge >= 0.3 is 24.1 Å². The number of aromatic nitrogens is 4. The molecule has 1 saturated heterocycles. The minimum atomic E-state index is -1.06. The Labute approximate surface area is 296 Å². The largest absolute Gasteiger partial charge is 0.460 e. The zero-order valence-corrected chi connectivity index (χ0v) is 28.2. The predicted octanol–water partition coefficient (Wildman–Crippen LogP) is 2.31. The number of carbonyl (C=O) groups is 5. The number of nitrogens with zero attached hydrogens (tertiary/aromatic N) is 3. The number of benzene rings is 2. The quantitative estimate of drug-likeness (QED) is 0.108. The van der Waals surface area contributed by atoms with E-state index in [0.29, 0.717) is 0 Å². The smallest absolute Gasteiger partial charge is 0.408 e. The lowest BCUT2D eigenvalue weighted by molar-refractivity contribution is -0.144. The molecule has 1 aliphatic heterocycles. The minimum Gasteiger partial charge on any atom is -0.460 e. The Bertz CT molecular complexity index is 1930. The molecule has 5 rings (SSSR count). The summed E-state index contributed by atoms with van der Waals surface area (Å²) in [7, 11) is 0. The van der Waals surface area contributed by atoms with Crippen LogP contribution in [0.2, 0.25) is 0 Å². The normalized spacial score (nSPS) is 16.6. The molecule has 2 aromatic heterocycles. The van der Waals surface area contributed by atoms with Gasteiger partial charge in [-0.05, 0) is 11.1 Å². The molecule has 1 fully saturated rings. The van der Waals surface area contributed by atoms with Crippen molar-refractivity contribution in [3.63, 3.8) is 0 Å². The van der Waals surface area contributed by atoms with E-state index in [0.717, 1.165) is 11.1 Å². The first-order chi connectivity index (χ1) is 25.0. The number of carbonyl (C=O) groups excluding carboxylic acids is 5. The molecule has 0 unspecified atom stereocenters. The van der Waals surface area contributed by atoms with Gasteiger partial charge in [0.2, 0.25) is 11.9 Å². The number of imidazole rings is 1. The van der Waals surface area contributed by atoms with E-state index in [-0.39, 0.29) is 42.7 Å². The van der Waals surface area contributed by atoms with Crippen molar-refractivity contribution in [1.82, 2.24) is 30.2 Å². The Morgan fingerprint density at radius 1 is 0.885 bits per heavy atom. The molecule has 3 heterocycles. The number of hydrogen-bond acceptors (Lipinski definition) is 13. The van der Waals surface area contributed by atoms with Crippen LogP contribution in [0.25, 0.3) is 11.2 Å². The fourth-order valence-corrected chi connectivity index (χ4v) is 4.86. The number of hydrogen-bond donors (Lipinski definition) is 4. The summed E-state index contributed by atoms with van der Waals surface area (Å²) in [4.78, 5) is 85.5. The van der Waals surface area contributed by atoms with Crippen LogP contribution in [-0.2, 0) is 51.3 Å². The van der Waals surface area contributed by atoms with Crippen molar-refractivity contribution < 1.29 is 47.7 Å². The lowest BCUT2D eigenvalue weighted by Gasteiger charge is -2.19. The van der Waals surface area contributed by atoms with Crippen LogP contribution in [0.3, 0.4) is 0 Å². The van der Waals surface area contributed by atoms with Crippen molar-refractivity contribution >= 4 is 47.1 Å². The first kappa shape index (κ1) is 37.0. The van der Waals surface area contributed by atoms with Crippen molar-refractivity contribution in [2.24, 2.45) is 5.92 Å². The number of rotatable bonds is 14. The molecule has 0 aliphatic carbocycles. The second-order valence-corrected chi connectivity index (χ2v) is 11.8. The van der Waals surface area contributed by atoms with E-state index < -0.39 is 73.7 Å². The van der Waals surface area contributed by atoms with Crippen LogP contribution >= 0.6 is 0 Å². The molecule has 1 aliphatic rings. The molecular weight excluding hydrogens is 682 g/mol. The summed E-state index contributed by atoms with van der Waals surface area (Å²) in [5.41, 5.74) is 0.930. The second kappa shape index (κ2) is 17.6. The average molecular weight is 720 g/mol. The fourth-order valence-electron chi connectivity index (χ4n) is 4.86. The molecular formula is C34H37N7O11. The van der Waals surface area contributed by atoms with E-state index in [1.165, 1.54) is 10.9 Å². The van der Waals surface area contributed by atoms with Gasteiger partial charge in [-0.1, -0.05) is 74.5 Å². The van der Waals surface area contributed by atoms with Gasteiger partial charge in [0.25, 0.3) is 5.56 Å². The first-order valence-corrected chi connectivity index (χ1v) is 16.2. The monoisotopic (exact) mass is 719 g/mol. The highest BCUT2D eigenvalue weighted by molar-refractivity contribution is 5.91. The minimum absolute atomic E-state index is 0.0133. The zero-order chi connectivity index (χ0) is 37.0. The van der Waals surface area contributed by atoms with Gasteiger partial charge in [0, 0.05) is 12.3 Å². The number of amides is 3. The topological polar surface area (TPSA) is 231 Å². The summed E-state index contributed by atoms with van der Waals surface area (Å²) in [5, 5.41) is 7.16. The molecule has 3 amide bonds. The molecule has 274 valence electrons. The Morgan fingerprint density at radius 2 is 1.48 bits per heavy atom. The Hall–Kier alpha value is -6.30. The van der Waals surface area contributed by atoms with E-state index in [1.54, 1.807) is 62.4 Å². The molecule has 0 spiro atoms. The SMILES string of the molecule is CC(C)C(=O)Nc1nc2c(ncn2[C@H]2C[C@@H](OC(=O)NCC(=O)OCc3ccccc3)[C@@H](COC(=O)NCC(=O)OCc3ccccc3)O2)c(=O)[nH]1. The second-order valence-electron chi connectivity index (χ2n) is 11.8. The van der Waals surface area contributed by atoms with Gasteiger partial charge in [0.05, 0.1) is 6.33 Å². The van der Waals surface area contributed by atoms with Crippen LogP contribution in [0.4, 0.5) is 15.5 Å². The van der Waals surface area contributed by atoms with Crippen LogP contribution in [0.1, 0.15) is 37.6 Å². The highest BCUT2D eigenvalue weighted by Gasteiger charge is 2.41. The van der Waals surface area contributed by atoms with E-state index in [4.69, 9.17) is 23.7 Å². The number of alkyl carbamates (subject to hydrolysis) is 2. The van der Waals surface area contributed by atoms with E-state index >= 15 is 0 Å². The molecule has 0 bridgehead atoms. The van der Waals surface area contributed by atoms with Crippen LogP contribution in [0.15, 0.2) is 71.8 Å². The van der Waals surface area contributed by atoms with Gasteiger partial charge in [-0.25, -0.2) is 14.6 Å². The van der Waals surface area contributed by atoms with Crippen LogP contribution in [0, 0.1) is 5.92 Å². The first-order valence-electron chi connectivity index (χ1n) is 16.2. The molecule has 4 aromatic rings. The van der Waals surface area contributed by atoms with Gasteiger partial charge in [0.15, 0.2) is 11.2 Å². The van der Waals surface area contributed by atoms with E-state index in [9.17, 15) is 28.8 Å². The number of esters is 2. The third-order valence-corrected chi connectivity index (χ3v) is 7.57. The maximum atomic E-state index is 12.8. The van der Waals surface area contributed by atoms with Crippen LogP contribution in [0.5, 0.6) is 0 Å². The molecule has 4 N–H and O–H groups in total. The Kier molecular flexibility index (Phi) is 12.5. The molecule has 18 heteroatoms. The number of H-pyrrole nitrogens is 1. The summed E-state index contributed by atoms with van der Waals surface area (Å²) in [6.07, 6.45) is -3.73. The van der Waals surface area contributed by atoms with Crippen LogP contribution < -0.4 is 21.5 Å². The van der Waals surface area contributed by atoms with Gasteiger partial charge < -0.3 is 34.3 Å². The van der Waals surface area contributed by atoms with Gasteiger partial charge in [0.1, 0.15) is 51.3 Å². The maximum Gasteiger partial charge on any atom is 0.408 e. The van der Waals surface area contributed by atoms with Crippen LogP contribution in [-0.4, -0.2) is 81.5 Å². The predicted molar refractivity (Wildman–Crippen MR) is 180 cm³/mol. The number of ether oxygens (including phenoxy) is 5. The summed E-state index contributed by atoms with van der Waals surface area (Å²) in [6.45, 7) is 1.98. The fraction of sp³-hybridized carbons (Fsp3) is 0.353. The summed E-state index contributed by atoms with van der Waals surface area (Å²) < 4.78 is 28.6. The third kappa shape index (κ3) is 10.4.